The van der Waals surface area contributed by atoms with Crippen LogP contribution in [-0.2, 0) is 5.75 Å². The molecule has 0 radical (unpaired) electrons. The molecule has 0 unspecified atom stereocenters. The molecular formula is C14H7F5N2OS2. The first-order valence-electron chi connectivity index (χ1n) is 6.42. The smallest absolute Gasteiger partial charge is 0.258 e. The van der Waals surface area contributed by atoms with Gasteiger partial charge in [0.2, 0.25) is 5.82 Å². The van der Waals surface area contributed by atoms with Gasteiger partial charge in [-0.25, -0.2) is 26.9 Å². The van der Waals surface area contributed by atoms with Gasteiger partial charge in [0.25, 0.3) is 5.56 Å². The standard InChI is InChI=1S/C14H7F5N2OS2/c1-5-3-24-14-20-6(2-7(22)21(5)14)4-23-13-11(18)9(16)8(15)10(17)12(13)19/h2-3H,4H2,1H3. The predicted molar refractivity (Wildman–Crippen MR) is 79.9 cm³/mol. The number of aromatic nitrogens is 2. The molecule has 0 aliphatic heterocycles. The van der Waals surface area contributed by atoms with Gasteiger partial charge in [0.1, 0.15) is 0 Å². The Balaban J connectivity index is 1.96. The molecule has 2 aromatic heterocycles. The average Bonchev–Trinajstić information content (AvgIpc) is 2.92. The largest absolute Gasteiger partial charge is 0.269 e. The SMILES string of the molecule is Cc1csc2nc(CSc3c(F)c(F)c(F)c(F)c3F)cc(=O)n12. The number of fused-ring (bicyclic) bond motifs is 1. The number of benzene rings is 1. The number of nitrogens with zero attached hydrogens (tertiary/aromatic N) is 2. The molecule has 1 aromatic carbocycles. The molecular weight excluding hydrogens is 371 g/mol. The number of thioether (sulfide) groups is 1. The number of aryl methyl sites for hydroxylation is 1. The summed E-state index contributed by atoms with van der Waals surface area (Å²) in [6, 6.07) is 1.16. The zero-order chi connectivity index (χ0) is 17.6. The van der Waals surface area contributed by atoms with Gasteiger partial charge < -0.3 is 0 Å². The Labute approximate surface area is 139 Å². The molecule has 3 aromatic rings. The minimum Gasteiger partial charge on any atom is -0.269 e. The Bertz CT molecular complexity index is 986. The van der Waals surface area contributed by atoms with E-state index in [1.54, 1.807) is 12.3 Å². The molecule has 0 aliphatic carbocycles. The highest BCUT2D eigenvalue weighted by atomic mass is 32.2. The van der Waals surface area contributed by atoms with Crippen LogP contribution in [0.25, 0.3) is 4.96 Å². The molecule has 0 amide bonds. The van der Waals surface area contributed by atoms with Crippen LogP contribution in [0, 0.1) is 36.0 Å². The lowest BCUT2D eigenvalue weighted by Gasteiger charge is -2.07. The molecule has 0 bridgehead atoms. The molecule has 0 saturated heterocycles. The molecule has 0 saturated carbocycles. The highest BCUT2D eigenvalue weighted by molar-refractivity contribution is 7.98. The van der Waals surface area contributed by atoms with Crippen LogP contribution in [0.3, 0.4) is 0 Å². The zero-order valence-electron chi connectivity index (χ0n) is 11.9. The Morgan fingerprint density at radius 1 is 1.08 bits per heavy atom. The minimum absolute atomic E-state index is 0.177. The van der Waals surface area contributed by atoms with E-state index >= 15 is 0 Å². The first kappa shape index (κ1) is 16.9. The fourth-order valence-electron chi connectivity index (χ4n) is 2.03. The monoisotopic (exact) mass is 378 g/mol. The number of hydrogen-bond acceptors (Lipinski definition) is 4. The summed E-state index contributed by atoms with van der Waals surface area (Å²) < 4.78 is 67.9. The summed E-state index contributed by atoms with van der Waals surface area (Å²) in [6.07, 6.45) is 0. The minimum atomic E-state index is -2.21. The maximum absolute atomic E-state index is 13.6. The molecule has 3 nitrogen and oxygen atoms in total. The fourth-order valence-corrected chi connectivity index (χ4v) is 3.80. The molecule has 0 spiro atoms. The van der Waals surface area contributed by atoms with Crippen molar-refractivity contribution in [3.05, 3.63) is 62.3 Å². The Morgan fingerprint density at radius 2 is 1.67 bits per heavy atom. The molecule has 0 aliphatic rings. The van der Waals surface area contributed by atoms with Crippen LogP contribution < -0.4 is 5.56 Å². The van der Waals surface area contributed by atoms with Crippen LogP contribution in [0.15, 0.2) is 21.1 Å². The van der Waals surface area contributed by atoms with E-state index in [0.29, 0.717) is 22.4 Å². The number of rotatable bonds is 3. The second-order valence-corrected chi connectivity index (χ2v) is 6.59. The van der Waals surface area contributed by atoms with Gasteiger partial charge in [0.05, 0.1) is 10.6 Å². The normalized spacial score (nSPS) is 11.4. The van der Waals surface area contributed by atoms with Gasteiger partial charge in [-0.1, -0.05) is 0 Å². The summed E-state index contributed by atoms with van der Waals surface area (Å²) in [6.45, 7) is 1.72. The lowest BCUT2D eigenvalue weighted by molar-refractivity contribution is 0.361. The van der Waals surface area contributed by atoms with Crippen LogP contribution in [0.1, 0.15) is 11.4 Å². The van der Waals surface area contributed by atoms with Crippen molar-refractivity contribution >= 4 is 28.1 Å². The third-order valence-corrected chi connectivity index (χ3v) is 5.19. The average molecular weight is 378 g/mol. The topological polar surface area (TPSA) is 34.4 Å². The molecule has 0 N–H and O–H groups in total. The summed E-state index contributed by atoms with van der Waals surface area (Å²) in [4.78, 5) is 15.5. The summed E-state index contributed by atoms with van der Waals surface area (Å²) >= 11 is 1.59. The predicted octanol–water partition coefficient (Wildman–Crippen LogP) is 4.05. The van der Waals surface area contributed by atoms with Crippen molar-refractivity contribution in [2.45, 2.75) is 17.6 Å². The van der Waals surface area contributed by atoms with E-state index in [9.17, 15) is 26.7 Å². The lowest BCUT2D eigenvalue weighted by Crippen LogP contribution is -2.14. The van der Waals surface area contributed by atoms with E-state index in [1.165, 1.54) is 15.7 Å². The van der Waals surface area contributed by atoms with Gasteiger partial charge in [-0.05, 0) is 6.92 Å². The van der Waals surface area contributed by atoms with E-state index < -0.39 is 34.0 Å². The maximum atomic E-state index is 13.6. The highest BCUT2D eigenvalue weighted by Gasteiger charge is 2.26. The molecule has 3 rings (SSSR count). The third kappa shape index (κ3) is 2.69. The maximum Gasteiger partial charge on any atom is 0.258 e. The van der Waals surface area contributed by atoms with Crippen LogP contribution in [0.5, 0.6) is 0 Å². The van der Waals surface area contributed by atoms with Crippen LogP contribution >= 0.6 is 23.1 Å². The lowest BCUT2D eigenvalue weighted by atomic mass is 10.3. The van der Waals surface area contributed by atoms with Crippen molar-refractivity contribution < 1.29 is 22.0 Å². The number of thiazole rings is 1. The van der Waals surface area contributed by atoms with Gasteiger partial charge >= 0.3 is 0 Å². The van der Waals surface area contributed by atoms with E-state index in [1.807, 2.05) is 0 Å². The van der Waals surface area contributed by atoms with Crippen molar-refractivity contribution in [2.75, 3.05) is 0 Å². The first-order valence-corrected chi connectivity index (χ1v) is 8.28. The number of halogens is 5. The van der Waals surface area contributed by atoms with E-state index in [4.69, 9.17) is 0 Å². The highest BCUT2D eigenvalue weighted by Crippen LogP contribution is 2.32. The Hall–Kier alpha value is -1.94. The van der Waals surface area contributed by atoms with E-state index in [-0.39, 0.29) is 17.0 Å². The van der Waals surface area contributed by atoms with Crippen LogP contribution in [0.4, 0.5) is 22.0 Å². The summed E-state index contributed by atoms with van der Waals surface area (Å²) in [5, 5.41) is 1.71. The van der Waals surface area contributed by atoms with Gasteiger partial charge in [0, 0.05) is 22.9 Å². The quantitative estimate of drug-likeness (QED) is 0.298. The molecule has 0 fully saturated rings. The van der Waals surface area contributed by atoms with Crippen molar-refractivity contribution in [1.29, 1.82) is 0 Å². The van der Waals surface area contributed by atoms with Crippen molar-refractivity contribution in [2.24, 2.45) is 0 Å². The Kier molecular flexibility index (Phi) is 4.35. The summed E-state index contributed by atoms with van der Waals surface area (Å²) in [5.74, 6) is -10.2. The van der Waals surface area contributed by atoms with Crippen LogP contribution in [0.2, 0.25) is 0 Å². The van der Waals surface area contributed by atoms with Gasteiger partial charge in [0.15, 0.2) is 28.2 Å². The molecule has 126 valence electrons. The summed E-state index contributed by atoms with van der Waals surface area (Å²) in [5.41, 5.74) is 0.481. The van der Waals surface area contributed by atoms with E-state index in [2.05, 4.69) is 4.98 Å². The van der Waals surface area contributed by atoms with Gasteiger partial charge in [-0.15, -0.1) is 23.1 Å². The fraction of sp³-hybridized carbons (Fsp3) is 0.143. The van der Waals surface area contributed by atoms with Crippen molar-refractivity contribution in [1.82, 2.24) is 9.38 Å². The zero-order valence-corrected chi connectivity index (χ0v) is 13.5. The van der Waals surface area contributed by atoms with Crippen molar-refractivity contribution in [3.8, 4) is 0 Å². The second kappa shape index (κ2) is 6.17. The Morgan fingerprint density at radius 3 is 2.29 bits per heavy atom. The molecule has 10 heteroatoms. The molecule has 24 heavy (non-hydrogen) atoms. The van der Waals surface area contributed by atoms with E-state index in [0.717, 1.165) is 6.07 Å². The van der Waals surface area contributed by atoms with Gasteiger partial charge in [-0.3, -0.25) is 9.20 Å². The number of hydrogen-bond donors (Lipinski definition) is 0. The second-order valence-electron chi connectivity index (χ2n) is 4.77. The van der Waals surface area contributed by atoms with Crippen LogP contribution in [-0.4, -0.2) is 9.38 Å². The van der Waals surface area contributed by atoms with Gasteiger partial charge in [-0.2, -0.15) is 0 Å². The molecule has 0 atom stereocenters. The third-order valence-electron chi connectivity index (χ3n) is 3.16. The first-order chi connectivity index (χ1) is 11.3. The molecule has 2 heterocycles. The summed E-state index contributed by atoms with van der Waals surface area (Å²) in [7, 11) is 0. The van der Waals surface area contributed by atoms with Crippen molar-refractivity contribution in [3.63, 3.8) is 0 Å².